The van der Waals surface area contributed by atoms with Gasteiger partial charge in [-0.25, -0.2) is 18.2 Å². The minimum Gasteiger partial charge on any atom is -0.334 e. The normalized spacial score (nSPS) is 11.2. The standard InChI is InChI=1S/C27H23N5O3S/c33-27(29-19-20-14-16-32-17-15-28-26(32)18-20)30-22-10-12-23(13-11-22)31-36(34,35)25-9-5-4-8-24(25)21-6-2-1-3-7-21/h1-18,31H,19H2,(H2,29,30,33). The van der Waals surface area contributed by atoms with Gasteiger partial charge in [0.25, 0.3) is 10.0 Å². The third-order valence-electron chi connectivity index (χ3n) is 5.57. The van der Waals surface area contributed by atoms with Gasteiger partial charge in [0.2, 0.25) is 0 Å². The summed E-state index contributed by atoms with van der Waals surface area (Å²) in [7, 11) is -3.84. The Morgan fingerprint density at radius 2 is 1.56 bits per heavy atom. The van der Waals surface area contributed by atoms with Crippen molar-refractivity contribution in [2.24, 2.45) is 0 Å². The summed E-state index contributed by atoms with van der Waals surface area (Å²) in [5.74, 6) is 0. The number of fused-ring (bicyclic) bond motifs is 1. The number of amides is 2. The summed E-state index contributed by atoms with van der Waals surface area (Å²) >= 11 is 0. The molecule has 0 aliphatic heterocycles. The largest absolute Gasteiger partial charge is 0.334 e. The van der Waals surface area contributed by atoms with Crippen LogP contribution < -0.4 is 15.4 Å². The van der Waals surface area contributed by atoms with E-state index in [4.69, 9.17) is 0 Å². The van der Waals surface area contributed by atoms with Gasteiger partial charge in [0.05, 0.1) is 4.90 Å². The lowest BCUT2D eigenvalue weighted by molar-refractivity contribution is 0.251. The lowest BCUT2D eigenvalue weighted by atomic mass is 10.1. The van der Waals surface area contributed by atoms with Crippen LogP contribution in [-0.2, 0) is 16.6 Å². The first-order chi connectivity index (χ1) is 17.5. The molecule has 5 aromatic rings. The van der Waals surface area contributed by atoms with Crippen LogP contribution in [0.25, 0.3) is 16.8 Å². The number of benzene rings is 3. The lowest BCUT2D eigenvalue weighted by Crippen LogP contribution is -2.28. The Balaban J connectivity index is 1.22. The summed E-state index contributed by atoms with van der Waals surface area (Å²) < 4.78 is 30.8. The van der Waals surface area contributed by atoms with Crippen LogP contribution >= 0.6 is 0 Å². The van der Waals surface area contributed by atoms with Crippen molar-refractivity contribution in [2.75, 3.05) is 10.0 Å². The molecular formula is C27H23N5O3S. The van der Waals surface area contributed by atoms with Gasteiger partial charge in [-0.05, 0) is 53.6 Å². The monoisotopic (exact) mass is 497 g/mol. The molecule has 8 nitrogen and oxygen atoms in total. The maximum atomic E-state index is 13.1. The molecule has 2 aromatic heterocycles. The molecule has 3 N–H and O–H groups in total. The zero-order chi connectivity index (χ0) is 25.0. The second-order valence-electron chi connectivity index (χ2n) is 8.08. The van der Waals surface area contributed by atoms with Crippen molar-refractivity contribution in [1.29, 1.82) is 0 Å². The third kappa shape index (κ3) is 5.21. The molecule has 9 heteroatoms. The minimum absolute atomic E-state index is 0.186. The van der Waals surface area contributed by atoms with E-state index in [1.807, 2.05) is 65.3 Å². The summed E-state index contributed by atoms with van der Waals surface area (Å²) in [6.45, 7) is 0.341. The smallest absolute Gasteiger partial charge is 0.319 e. The molecular weight excluding hydrogens is 474 g/mol. The number of rotatable bonds is 7. The number of nitrogens with zero attached hydrogens (tertiary/aromatic N) is 2. The van der Waals surface area contributed by atoms with Crippen molar-refractivity contribution in [2.45, 2.75) is 11.4 Å². The van der Waals surface area contributed by atoms with Gasteiger partial charge in [0, 0.05) is 42.1 Å². The van der Waals surface area contributed by atoms with Crippen LogP contribution in [0, 0.1) is 0 Å². The van der Waals surface area contributed by atoms with E-state index in [1.165, 1.54) is 0 Å². The van der Waals surface area contributed by atoms with E-state index in [0.29, 0.717) is 23.5 Å². The van der Waals surface area contributed by atoms with Crippen LogP contribution in [0.3, 0.4) is 0 Å². The number of imidazole rings is 1. The fourth-order valence-electron chi connectivity index (χ4n) is 3.81. The highest BCUT2D eigenvalue weighted by Crippen LogP contribution is 2.28. The van der Waals surface area contributed by atoms with E-state index in [9.17, 15) is 13.2 Å². The van der Waals surface area contributed by atoms with Crippen molar-refractivity contribution in [3.8, 4) is 11.1 Å². The predicted octanol–water partition coefficient (Wildman–Crippen LogP) is 5.12. The topological polar surface area (TPSA) is 105 Å². The molecule has 2 heterocycles. The van der Waals surface area contributed by atoms with E-state index in [-0.39, 0.29) is 10.9 Å². The van der Waals surface area contributed by atoms with Crippen LogP contribution in [0.15, 0.2) is 114 Å². The highest BCUT2D eigenvalue weighted by atomic mass is 32.2. The molecule has 0 saturated carbocycles. The second kappa shape index (κ2) is 9.93. The molecule has 36 heavy (non-hydrogen) atoms. The van der Waals surface area contributed by atoms with E-state index in [0.717, 1.165) is 16.8 Å². The molecule has 0 fully saturated rings. The number of nitrogens with one attached hydrogen (secondary N) is 3. The Morgan fingerprint density at radius 3 is 2.36 bits per heavy atom. The number of urea groups is 1. The molecule has 3 aromatic carbocycles. The number of anilines is 2. The van der Waals surface area contributed by atoms with Gasteiger partial charge < -0.3 is 15.0 Å². The molecule has 0 atom stereocenters. The fourth-order valence-corrected chi connectivity index (χ4v) is 5.10. The second-order valence-corrected chi connectivity index (χ2v) is 9.73. The van der Waals surface area contributed by atoms with Crippen molar-refractivity contribution >= 4 is 33.1 Å². The van der Waals surface area contributed by atoms with Crippen molar-refractivity contribution in [3.63, 3.8) is 0 Å². The summed E-state index contributed by atoms with van der Waals surface area (Å²) in [4.78, 5) is 16.7. The Bertz CT molecular complexity index is 1610. The summed E-state index contributed by atoms with van der Waals surface area (Å²) in [6.07, 6.45) is 5.45. The number of sulfonamides is 1. The van der Waals surface area contributed by atoms with Crippen LogP contribution in [-0.4, -0.2) is 23.8 Å². The van der Waals surface area contributed by atoms with E-state index < -0.39 is 10.0 Å². The van der Waals surface area contributed by atoms with Gasteiger partial charge in [0.1, 0.15) is 5.65 Å². The number of hydrogen-bond donors (Lipinski definition) is 3. The molecule has 0 bridgehead atoms. The lowest BCUT2D eigenvalue weighted by Gasteiger charge is -2.13. The predicted molar refractivity (Wildman–Crippen MR) is 140 cm³/mol. The molecule has 5 rings (SSSR count). The van der Waals surface area contributed by atoms with Gasteiger partial charge >= 0.3 is 6.03 Å². The highest BCUT2D eigenvalue weighted by Gasteiger charge is 2.19. The van der Waals surface area contributed by atoms with Crippen molar-refractivity contribution in [3.05, 3.63) is 115 Å². The Morgan fingerprint density at radius 1 is 0.833 bits per heavy atom. The van der Waals surface area contributed by atoms with Gasteiger partial charge in [-0.15, -0.1) is 0 Å². The van der Waals surface area contributed by atoms with Crippen LogP contribution in [0.1, 0.15) is 5.56 Å². The summed E-state index contributed by atoms with van der Waals surface area (Å²) in [5, 5.41) is 5.55. The van der Waals surface area contributed by atoms with E-state index in [2.05, 4.69) is 20.3 Å². The quantitative estimate of drug-likeness (QED) is 0.290. The number of pyridine rings is 1. The summed E-state index contributed by atoms with van der Waals surface area (Å²) in [6, 6.07) is 26.1. The molecule has 0 unspecified atom stereocenters. The van der Waals surface area contributed by atoms with Gasteiger partial charge in [-0.1, -0.05) is 48.5 Å². The average molecular weight is 498 g/mol. The van der Waals surface area contributed by atoms with Gasteiger partial charge in [-0.2, -0.15) is 0 Å². The number of aromatic nitrogens is 2. The number of hydrogen-bond acceptors (Lipinski definition) is 4. The van der Waals surface area contributed by atoms with Crippen molar-refractivity contribution < 1.29 is 13.2 Å². The number of carbonyl (C=O) groups excluding carboxylic acids is 1. The Hall–Kier alpha value is -4.63. The third-order valence-corrected chi connectivity index (χ3v) is 7.01. The van der Waals surface area contributed by atoms with Crippen LogP contribution in [0.4, 0.5) is 16.2 Å². The summed E-state index contributed by atoms with van der Waals surface area (Å²) in [5.41, 5.74) is 4.07. The first kappa shape index (κ1) is 23.1. The van der Waals surface area contributed by atoms with E-state index in [1.54, 1.807) is 48.7 Å². The highest BCUT2D eigenvalue weighted by molar-refractivity contribution is 7.92. The molecule has 0 radical (unpaired) electrons. The zero-order valence-electron chi connectivity index (χ0n) is 19.1. The minimum atomic E-state index is -3.84. The first-order valence-corrected chi connectivity index (χ1v) is 12.7. The molecule has 180 valence electrons. The zero-order valence-corrected chi connectivity index (χ0v) is 19.9. The maximum absolute atomic E-state index is 13.1. The SMILES string of the molecule is O=C(NCc1ccn2ccnc2c1)Nc1ccc(NS(=O)(=O)c2ccccc2-c2ccccc2)cc1. The molecule has 2 amide bonds. The molecule has 0 saturated heterocycles. The molecule has 0 aliphatic carbocycles. The maximum Gasteiger partial charge on any atom is 0.319 e. The van der Waals surface area contributed by atoms with Crippen molar-refractivity contribution in [1.82, 2.24) is 14.7 Å². The fraction of sp³-hybridized carbons (Fsp3) is 0.0370. The van der Waals surface area contributed by atoms with Crippen LogP contribution in [0.2, 0.25) is 0 Å². The number of carbonyl (C=O) groups is 1. The van der Waals surface area contributed by atoms with E-state index >= 15 is 0 Å². The van der Waals surface area contributed by atoms with Gasteiger partial charge in [0.15, 0.2) is 0 Å². The van der Waals surface area contributed by atoms with Gasteiger partial charge in [-0.3, -0.25) is 4.72 Å². The average Bonchev–Trinajstić information content (AvgIpc) is 3.37. The molecule has 0 spiro atoms. The van der Waals surface area contributed by atoms with Crippen LogP contribution in [0.5, 0.6) is 0 Å². The molecule has 0 aliphatic rings. The Labute approximate surface area is 208 Å². The Kier molecular flexibility index (Phi) is 6.38. The first-order valence-electron chi connectivity index (χ1n) is 11.2.